The number of carbonyl (C=O) groups is 2. The van der Waals surface area contributed by atoms with Crippen LogP contribution in [0.3, 0.4) is 0 Å². The van der Waals surface area contributed by atoms with Crippen LogP contribution in [0.5, 0.6) is 0 Å². The number of carbonyl (C=O) groups excluding carboxylic acids is 1. The Labute approximate surface area is 160 Å². The Balaban J connectivity index is 2.18. The van der Waals surface area contributed by atoms with E-state index in [0.29, 0.717) is 19.4 Å². The predicted molar refractivity (Wildman–Crippen MR) is 105 cm³/mol. The van der Waals surface area contributed by atoms with Crippen LogP contribution in [0, 0.1) is 16.7 Å². The third kappa shape index (κ3) is 5.99. The van der Waals surface area contributed by atoms with E-state index in [-0.39, 0.29) is 5.97 Å². The number of hydrogen-bond acceptors (Lipinski definition) is 3. The van der Waals surface area contributed by atoms with Gasteiger partial charge in [0.25, 0.3) is 0 Å². The van der Waals surface area contributed by atoms with Crippen LogP contribution in [0.15, 0.2) is 0 Å². The highest BCUT2D eigenvalue weighted by Gasteiger charge is 2.59. The number of ether oxygens (including phenoxy) is 1. The van der Waals surface area contributed by atoms with E-state index in [4.69, 9.17) is 4.74 Å². The first-order valence-corrected chi connectivity index (χ1v) is 10.7. The number of hydrogen-bond donors (Lipinski definition) is 1. The number of carboxylic acids is 1. The summed E-state index contributed by atoms with van der Waals surface area (Å²) in [6, 6.07) is 0. The number of rotatable bonds is 13. The fourth-order valence-corrected chi connectivity index (χ4v) is 4.21. The molecule has 0 amide bonds. The Bertz CT molecular complexity index is 443. The van der Waals surface area contributed by atoms with E-state index in [2.05, 4.69) is 6.92 Å². The van der Waals surface area contributed by atoms with Crippen molar-refractivity contribution >= 4 is 11.9 Å². The van der Waals surface area contributed by atoms with Gasteiger partial charge in [0.05, 0.1) is 17.9 Å². The molecule has 0 aromatic heterocycles. The third-order valence-electron chi connectivity index (χ3n) is 6.71. The van der Waals surface area contributed by atoms with E-state index < -0.39 is 22.7 Å². The zero-order valence-electron chi connectivity index (χ0n) is 17.4. The third-order valence-corrected chi connectivity index (χ3v) is 6.71. The molecule has 1 aliphatic rings. The van der Waals surface area contributed by atoms with Gasteiger partial charge in [-0.05, 0) is 31.6 Å². The molecule has 0 aromatic rings. The minimum Gasteiger partial charge on any atom is -0.481 e. The first-order chi connectivity index (χ1) is 12.3. The second-order valence-corrected chi connectivity index (χ2v) is 8.80. The normalized spacial score (nSPS) is 24.5. The summed E-state index contributed by atoms with van der Waals surface area (Å²) in [5.41, 5.74) is -1.28. The molecule has 1 aliphatic carbocycles. The van der Waals surface area contributed by atoms with E-state index in [1.807, 2.05) is 20.8 Å². The minimum atomic E-state index is -0.804. The standard InChI is InChI=1S/C22H40O4/c1-5-6-7-8-9-10-11-12-13-14-17-26-20(25)22(4)16-15-18(19(23)24)21(22,2)3/h18H,5-17H2,1-4H3,(H,23,24)/t18-,22+/m0/s1. The van der Waals surface area contributed by atoms with Gasteiger partial charge in [-0.2, -0.15) is 0 Å². The van der Waals surface area contributed by atoms with Crippen molar-refractivity contribution in [1.82, 2.24) is 0 Å². The van der Waals surface area contributed by atoms with Gasteiger partial charge >= 0.3 is 11.9 Å². The number of carboxylic acid groups (broad SMARTS) is 1. The fraction of sp³-hybridized carbons (Fsp3) is 0.909. The van der Waals surface area contributed by atoms with Crippen LogP contribution >= 0.6 is 0 Å². The highest BCUT2D eigenvalue weighted by molar-refractivity contribution is 5.81. The smallest absolute Gasteiger partial charge is 0.312 e. The molecule has 0 heterocycles. The van der Waals surface area contributed by atoms with Gasteiger partial charge in [0, 0.05) is 0 Å². The van der Waals surface area contributed by atoms with Gasteiger partial charge in [-0.15, -0.1) is 0 Å². The molecule has 2 atom stereocenters. The largest absolute Gasteiger partial charge is 0.481 e. The minimum absolute atomic E-state index is 0.220. The van der Waals surface area contributed by atoms with Gasteiger partial charge in [-0.3, -0.25) is 9.59 Å². The second kappa shape index (κ2) is 10.9. The van der Waals surface area contributed by atoms with Crippen molar-refractivity contribution in [3.05, 3.63) is 0 Å². The molecule has 0 saturated heterocycles. The summed E-state index contributed by atoms with van der Waals surface area (Å²) < 4.78 is 5.53. The molecule has 0 aromatic carbocycles. The maximum atomic E-state index is 12.6. The van der Waals surface area contributed by atoms with Gasteiger partial charge < -0.3 is 9.84 Å². The van der Waals surface area contributed by atoms with Gasteiger partial charge in [0.2, 0.25) is 0 Å². The topological polar surface area (TPSA) is 63.6 Å². The summed E-state index contributed by atoms with van der Waals surface area (Å²) in [7, 11) is 0. The molecule has 4 heteroatoms. The molecule has 152 valence electrons. The van der Waals surface area contributed by atoms with Crippen LogP contribution in [-0.2, 0) is 14.3 Å². The molecule has 1 fully saturated rings. The predicted octanol–water partition coefficient (Wildman–Crippen LogP) is 5.98. The molecule has 0 aliphatic heterocycles. The second-order valence-electron chi connectivity index (χ2n) is 8.80. The lowest BCUT2D eigenvalue weighted by Crippen LogP contribution is -2.43. The van der Waals surface area contributed by atoms with E-state index in [9.17, 15) is 14.7 Å². The van der Waals surface area contributed by atoms with E-state index >= 15 is 0 Å². The molecule has 26 heavy (non-hydrogen) atoms. The van der Waals surface area contributed by atoms with Crippen LogP contribution < -0.4 is 0 Å². The van der Waals surface area contributed by atoms with Crippen LogP contribution in [0.1, 0.15) is 105 Å². The first-order valence-electron chi connectivity index (χ1n) is 10.7. The van der Waals surface area contributed by atoms with Crippen LogP contribution in [0.2, 0.25) is 0 Å². The number of aliphatic carboxylic acids is 1. The van der Waals surface area contributed by atoms with E-state index in [0.717, 1.165) is 12.8 Å². The molecular formula is C22H40O4. The van der Waals surface area contributed by atoms with Crippen molar-refractivity contribution < 1.29 is 19.4 Å². The van der Waals surface area contributed by atoms with Crippen molar-refractivity contribution in [2.45, 2.75) is 105 Å². The lowest BCUT2D eigenvalue weighted by atomic mass is 9.65. The molecule has 0 bridgehead atoms. The Morgan fingerprint density at radius 1 is 0.923 bits per heavy atom. The summed E-state index contributed by atoms with van der Waals surface area (Å²) >= 11 is 0. The molecule has 1 rings (SSSR count). The Morgan fingerprint density at radius 2 is 1.42 bits per heavy atom. The van der Waals surface area contributed by atoms with Crippen molar-refractivity contribution in [1.29, 1.82) is 0 Å². The average molecular weight is 369 g/mol. The SMILES string of the molecule is CCCCCCCCCCCCOC(=O)[C@@]1(C)CC[C@@H](C(=O)O)C1(C)C. The number of esters is 1. The van der Waals surface area contributed by atoms with Crippen molar-refractivity contribution in [2.75, 3.05) is 6.61 Å². The molecule has 1 saturated carbocycles. The number of unbranched alkanes of at least 4 members (excludes halogenated alkanes) is 9. The summed E-state index contributed by atoms with van der Waals surface area (Å²) in [6.45, 7) is 8.35. The Kier molecular flexibility index (Phi) is 9.67. The quantitative estimate of drug-likeness (QED) is 0.321. The zero-order valence-corrected chi connectivity index (χ0v) is 17.4. The molecule has 0 unspecified atom stereocenters. The molecular weight excluding hydrogens is 328 g/mol. The highest BCUT2D eigenvalue weighted by Crippen LogP contribution is 2.56. The Morgan fingerprint density at radius 3 is 1.88 bits per heavy atom. The summed E-state index contributed by atoms with van der Waals surface area (Å²) in [5.74, 6) is -1.50. The van der Waals surface area contributed by atoms with Crippen LogP contribution in [-0.4, -0.2) is 23.7 Å². The lowest BCUT2D eigenvalue weighted by Gasteiger charge is -2.38. The van der Waals surface area contributed by atoms with E-state index in [1.165, 1.54) is 51.4 Å². The van der Waals surface area contributed by atoms with Gasteiger partial charge in [-0.1, -0.05) is 78.6 Å². The monoisotopic (exact) mass is 368 g/mol. The van der Waals surface area contributed by atoms with Gasteiger partial charge in [-0.25, -0.2) is 0 Å². The first kappa shape index (κ1) is 23.0. The van der Waals surface area contributed by atoms with Crippen molar-refractivity contribution in [3.63, 3.8) is 0 Å². The lowest BCUT2D eigenvalue weighted by molar-refractivity contribution is -0.163. The highest BCUT2D eigenvalue weighted by atomic mass is 16.5. The molecule has 0 spiro atoms. The van der Waals surface area contributed by atoms with Crippen LogP contribution in [0.4, 0.5) is 0 Å². The van der Waals surface area contributed by atoms with Crippen molar-refractivity contribution in [2.24, 2.45) is 16.7 Å². The molecule has 0 radical (unpaired) electrons. The zero-order chi connectivity index (χ0) is 19.6. The van der Waals surface area contributed by atoms with E-state index in [1.54, 1.807) is 0 Å². The molecule has 4 nitrogen and oxygen atoms in total. The van der Waals surface area contributed by atoms with Crippen molar-refractivity contribution in [3.8, 4) is 0 Å². The molecule has 1 N–H and O–H groups in total. The van der Waals surface area contributed by atoms with Crippen LogP contribution in [0.25, 0.3) is 0 Å². The summed E-state index contributed by atoms with van der Waals surface area (Å²) in [4.78, 5) is 24.0. The summed E-state index contributed by atoms with van der Waals surface area (Å²) in [5, 5.41) is 9.39. The van der Waals surface area contributed by atoms with Gasteiger partial charge in [0.15, 0.2) is 0 Å². The van der Waals surface area contributed by atoms with Gasteiger partial charge in [0.1, 0.15) is 0 Å². The fourth-order valence-electron chi connectivity index (χ4n) is 4.21. The summed E-state index contributed by atoms with van der Waals surface area (Å²) in [6.07, 6.45) is 13.6. The average Bonchev–Trinajstić information content (AvgIpc) is 2.83. The Hall–Kier alpha value is -1.06. The maximum Gasteiger partial charge on any atom is 0.312 e. The maximum absolute atomic E-state index is 12.6.